The van der Waals surface area contributed by atoms with Crippen molar-refractivity contribution in [2.45, 2.75) is 19.5 Å². The molecular weight excluding hydrogens is 250 g/mol. The zero-order valence-electron chi connectivity index (χ0n) is 9.83. The lowest BCUT2D eigenvalue weighted by atomic mass is 10.2. The molecule has 0 radical (unpaired) electrons. The first kappa shape index (κ1) is 12.7. The Hall–Kier alpha value is -1.79. The van der Waals surface area contributed by atoms with Gasteiger partial charge in [-0.05, 0) is 18.4 Å². The van der Waals surface area contributed by atoms with Crippen LogP contribution in [0.4, 0.5) is 0 Å². The number of hydrogen-bond acceptors (Lipinski definition) is 5. The van der Waals surface area contributed by atoms with Gasteiger partial charge in [0.15, 0.2) is 0 Å². The summed E-state index contributed by atoms with van der Waals surface area (Å²) in [6, 6.07) is 4.20. The first-order valence-corrected chi connectivity index (χ1v) is 6.35. The summed E-state index contributed by atoms with van der Waals surface area (Å²) in [5.74, 6) is -1.00. The quantitative estimate of drug-likeness (QED) is 0.864. The monoisotopic (exact) mass is 263 g/mol. The minimum Gasteiger partial charge on any atom is -0.478 e. The van der Waals surface area contributed by atoms with Gasteiger partial charge in [-0.2, -0.15) is 0 Å². The minimum absolute atomic E-state index is 0.142. The summed E-state index contributed by atoms with van der Waals surface area (Å²) < 4.78 is 0. The summed E-state index contributed by atoms with van der Waals surface area (Å²) in [7, 11) is 0. The van der Waals surface area contributed by atoms with Crippen LogP contribution in [0.1, 0.15) is 33.9 Å². The molecule has 1 atom stereocenters. The van der Waals surface area contributed by atoms with Crippen LogP contribution in [-0.4, -0.2) is 21.0 Å². The molecule has 2 heterocycles. The Bertz CT molecular complexity index is 528. The number of carboxylic acids is 1. The molecule has 0 amide bonds. The number of nitrogens with zero attached hydrogens (tertiary/aromatic N) is 2. The average Bonchev–Trinajstić information content (AvgIpc) is 2.90. The maximum Gasteiger partial charge on any atom is 0.339 e. The van der Waals surface area contributed by atoms with Crippen LogP contribution in [-0.2, 0) is 6.54 Å². The molecule has 94 valence electrons. The zero-order valence-corrected chi connectivity index (χ0v) is 10.6. The fourth-order valence-electron chi connectivity index (χ4n) is 1.56. The van der Waals surface area contributed by atoms with Gasteiger partial charge in [0, 0.05) is 23.7 Å². The van der Waals surface area contributed by atoms with E-state index in [1.54, 1.807) is 11.3 Å². The van der Waals surface area contributed by atoms with Gasteiger partial charge in [-0.3, -0.25) is 0 Å². The van der Waals surface area contributed by atoms with E-state index >= 15 is 0 Å². The first-order valence-electron chi connectivity index (χ1n) is 5.47. The standard InChI is InChI=1S/C12H13N3O2S/c1-8(11-3-2-4-18-11)14-6-10-9(12(16)17)5-13-7-15-10/h2-5,7-8,14H,6H2,1H3,(H,16,17). The van der Waals surface area contributed by atoms with E-state index in [0.717, 1.165) is 0 Å². The molecule has 0 bridgehead atoms. The third-order valence-electron chi connectivity index (χ3n) is 2.57. The molecule has 18 heavy (non-hydrogen) atoms. The van der Waals surface area contributed by atoms with Crippen LogP contribution in [0.2, 0.25) is 0 Å². The molecule has 2 N–H and O–H groups in total. The van der Waals surface area contributed by atoms with E-state index in [0.29, 0.717) is 12.2 Å². The molecule has 5 nitrogen and oxygen atoms in total. The van der Waals surface area contributed by atoms with Crippen molar-refractivity contribution in [2.24, 2.45) is 0 Å². The van der Waals surface area contributed by atoms with Gasteiger partial charge in [-0.1, -0.05) is 6.07 Å². The minimum atomic E-state index is -1.00. The summed E-state index contributed by atoms with van der Waals surface area (Å²) in [5, 5.41) is 14.3. The Morgan fingerprint density at radius 1 is 1.61 bits per heavy atom. The Balaban J connectivity index is 2.04. The highest BCUT2D eigenvalue weighted by Crippen LogP contribution is 2.18. The second kappa shape index (κ2) is 5.70. The van der Waals surface area contributed by atoms with Crippen LogP contribution >= 0.6 is 11.3 Å². The van der Waals surface area contributed by atoms with Crippen molar-refractivity contribution < 1.29 is 9.90 Å². The summed E-state index contributed by atoms with van der Waals surface area (Å²) in [6.07, 6.45) is 2.68. The van der Waals surface area contributed by atoms with Crippen molar-refractivity contribution in [2.75, 3.05) is 0 Å². The molecule has 0 spiro atoms. The summed E-state index contributed by atoms with van der Waals surface area (Å²) in [6.45, 7) is 2.44. The smallest absolute Gasteiger partial charge is 0.339 e. The molecule has 0 aliphatic rings. The van der Waals surface area contributed by atoms with E-state index in [1.165, 1.54) is 17.4 Å². The molecule has 6 heteroatoms. The van der Waals surface area contributed by atoms with Gasteiger partial charge in [0.2, 0.25) is 0 Å². The zero-order chi connectivity index (χ0) is 13.0. The summed E-state index contributed by atoms with van der Waals surface area (Å²) in [5.41, 5.74) is 0.643. The molecule has 1 unspecified atom stereocenters. The SMILES string of the molecule is CC(NCc1ncncc1C(=O)O)c1cccs1. The Labute approximate surface area is 109 Å². The predicted molar refractivity (Wildman–Crippen MR) is 68.6 cm³/mol. The largest absolute Gasteiger partial charge is 0.478 e. The molecule has 0 aromatic carbocycles. The number of carbonyl (C=O) groups is 1. The summed E-state index contributed by atoms with van der Waals surface area (Å²) >= 11 is 1.67. The van der Waals surface area contributed by atoms with Gasteiger partial charge in [-0.25, -0.2) is 14.8 Å². The van der Waals surface area contributed by atoms with Crippen LogP contribution in [0.3, 0.4) is 0 Å². The van der Waals surface area contributed by atoms with Crippen molar-refractivity contribution in [1.29, 1.82) is 0 Å². The van der Waals surface area contributed by atoms with E-state index in [9.17, 15) is 4.79 Å². The van der Waals surface area contributed by atoms with Crippen LogP contribution in [0, 0.1) is 0 Å². The fourth-order valence-corrected chi connectivity index (χ4v) is 2.32. The molecule has 0 aliphatic heterocycles. The molecule has 0 saturated heterocycles. The van der Waals surface area contributed by atoms with Gasteiger partial charge in [-0.15, -0.1) is 11.3 Å². The molecule has 0 fully saturated rings. The van der Waals surface area contributed by atoms with Crippen molar-refractivity contribution in [3.63, 3.8) is 0 Å². The fraction of sp³-hybridized carbons (Fsp3) is 0.250. The molecule has 2 aromatic heterocycles. The van der Waals surface area contributed by atoms with Gasteiger partial charge >= 0.3 is 5.97 Å². The third kappa shape index (κ3) is 2.91. The lowest BCUT2D eigenvalue weighted by Gasteiger charge is -2.12. The second-order valence-electron chi connectivity index (χ2n) is 3.81. The Kier molecular flexibility index (Phi) is 4.01. The summed E-state index contributed by atoms with van der Waals surface area (Å²) in [4.78, 5) is 19.9. The van der Waals surface area contributed by atoms with Crippen LogP contribution in [0.5, 0.6) is 0 Å². The Morgan fingerprint density at radius 2 is 2.44 bits per heavy atom. The number of carboxylic acid groups (broad SMARTS) is 1. The van der Waals surface area contributed by atoms with Gasteiger partial charge in [0.05, 0.1) is 5.69 Å². The molecular formula is C12H13N3O2S. The van der Waals surface area contributed by atoms with Crippen molar-refractivity contribution in [3.05, 3.63) is 46.2 Å². The highest BCUT2D eigenvalue weighted by atomic mass is 32.1. The van der Waals surface area contributed by atoms with E-state index in [1.807, 2.05) is 24.4 Å². The number of hydrogen-bond donors (Lipinski definition) is 2. The lowest BCUT2D eigenvalue weighted by molar-refractivity contribution is 0.0694. The number of thiophene rings is 1. The van der Waals surface area contributed by atoms with Crippen molar-refractivity contribution in [1.82, 2.24) is 15.3 Å². The van der Waals surface area contributed by atoms with E-state index in [-0.39, 0.29) is 11.6 Å². The molecule has 2 rings (SSSR count). The highest BCUT2D eigenvalue weighted by molar-refractivity contribution is 7.10. The topological polar surface area (TPSA) is 75.1 Å². The van der Waals surface area contributed by atoms with Crippen LogP contribution in [0.15, 0.2) is 30.0 Å². The van der Waals surface area contributed by atoms with Crippen molar-refractivity contribution in [3.8, 4) is 0 Å². The second-order valence-corrected chi connectivity index (χ2v) is 4.79. The van der Waals surface area contributed by atoms with Crippen LogP contribution < -0.4 is 5.32 Å². The predicted octanol–water partition coefficient (Wildman–Crippen LogP) is 2.09. The van der Waals surface area contributed by atoms with E-state index in [4.69, 9.17) is 5.11 Å². The maximum atomic E-state index is 11.0. The van der Waals surface area contributed by atoms with Gasteiger partial charge in [0.1, 0.15) is 11.9 Å². The van der Waals surface area contributed by atoms with E-state index < -0.39 is 5.97 Å². The molecule has 0 saturated carbocycles. The lowest BCUT2D eigenvalue weighted by Crippen LogP contribution is -2.20. The molecule has 0 aliphatic carbocycles. The van der Waals surface area contributed by atoms with Gasteiger partial charge < -0.3 is 10.4 Å². The normalized spacial score (nSPS) is 12.3. The van der Waals surface area contributed by atoms with E-state index in [2.05, 4.69) is 15.3 Å². The highest BCUT2D eigenvalue weighted by Gasteiger charge is 2.12. The van der Waals surface area contributed by atoms with Crippen LogP contribution in [0.25, 0.3) is 0 Å². The number of aromatic nitrogens is 2. The number of aromatic carboxylic acids is 1. The number of rotatable bonds is 5. The number of nitrogens with one attached hydrogen (secondary N) is 1. The Morgan fingerprint density at radius 3 is 3.11 bits per heavy atom. The third-order valence-corrected chi connectivity index (χ3v) is 3.63. The maximum absolute atomic E-state index is 11.0. The average molecular weight is 263 g/mol. The van der Waals surface area contributed by atoms with Gasteiger partial charge in [0.25, 0.3) is 0 Å². The van der Waals surface area contributed by atoms with Crippen molar-refractivity contribution >= 4 is 17.3 Å². The first-order chi connectivity index (χ1) is 8.68. The molecule has 2 aromatic rings.